The van der Waals surface area contributed by atoms with Crippen molar-refractivity contribution in [1.82, 2.24) is 9.55 Å². The Labute approximate surface area is 186 Å². The van der Waals surface area contributed by atoms with E-state index in [1.54, 1.807) is 37.6 Å². The molecule has 1 aliphatic rings. The number of ether oxygens (including phenoxy) is 1. The highest BCUT2D eigenvalue weighted by Gasteiger charge is 2.40. The van der Waals surface area contributed by atoms with Crippen LogP contribution >= 0.6 is 11.6 Å². The van der Waals surface area contributed by atoms with E-state index >= 15 is 0 Å². The lowest BCUT2D eigenvalue weighted by Crippen LogP contribution is -2.45. The Morgan fingerprint density at radius 2 is 2.03 bits per heavy atom. The van der Waals surface area contributed by atoms with Crippen LogP contribution in [0, 0.1) is 0 Å². The maximum absolute atomic E-state index is 13.9. The molecule has 6 heteroatoms. The number of pyridine rings is 1. The molecule has 0 bridgehead atoms. The maximum Gasteiger partial charge on any atom is 0.349 e. The Kier molecular flexibility index (Phi) is 5.87. The SMILES string of the molecule is C=C/C=C(\C=C)c1c(OC)[n+](-c2ccccc2)c2n(c1=O)C(c1ccc(Cl)nc1)CC2. The Bertz CT molecular complexity index is 1230. The van der Waals surface area contributed by atoms with Crippen LogP contribution in [0.15, 0.2) is 84.8 Å². The summed E-state index contributed by atoms with van der Waals surface area (Å²) in [6, 6.07) is 13.4. The summed E-state index contributed by atoms with van der Waals surface area (Å²) in [7, 11) is 1.58. The maximum atomic E-state index is 13.9. The number of allylic oxidation sites excluding steroid dienone is 4. The number of halogens is 1. The molecule has 31 heavy (non-hydrogen) atoms. The van der Waals surface area contributed by atoms with Crippen LogP contribution in [-0.2, 0) is 6.42 Å². The summed E-state index contributed by atoms with van der Waals surface area (Å²) in [5.74, 6) is 1.35. The van der Waals surface area contributed by atoms with E-state index in [0.29, 0.717) is 28.6 Å². The molecule has 0 fully saturated rings. The van der Waals surface area contributed by atoms with Crippen molar-refractivity contribution in [3.63, 3.8) is 0 Å². The van der Waals surface area contributed by atoms with Gasteiger partial charge in [0.25, 0.3) is 5.82 Å². The van der Waals surface area contributed by atoms with Crippen molar-refractivity contribution in [3.05, 3.63) is 113 Å². The first-order chi connectivity index (χ1) is 15.1. The highest BCUT2D eigenvalue weighted by molar-refractivity contribution is 6.29. The minimum absolute atomic E-state index is 0.135. The Balaban J connectivity index is 2.09. The second-order valence-electron chi connectivity index (χ2n) is 7.18. The first-order valence-electron chi connectivity index (χ1n) is 10.0. The topological polar surface area (TPSA) is 48.0 Å². The van der Waals surface area contributed by atoms with Crippen molar-refractivity contribution in [2.24, 2.45) is 0 Å². The van der Waals surface area contributed by atoms with Gasteiger partial charge in [0, 0.05) is 18.2 Å². The van der Waals surface area contributed by atoms with Crippen LogP contribution in [0.25, 0.3) is 11.3 Å². The van der Waals surface area contributed by atoms with Crippen LogP contribution in [0.3, 0.4) is 0 Å². The van der Waals surface area contributed by atoms with Crippen molar-refractivity contribution < 1.29 is 9.30 Å². The molecule has 3 aromatic rings. The van der Waals surface area contributed by atoms with Crippen molar-refractivity contribution in [2.45, 2.75) is 18.9 Å². The summed E-state index contributed by atoms with van der Waals surface area (Å²) in [6.07, 6.45) is 8.27. The van der Waals surface area contributed by atoms with Crippen molar-refractivity contribution >= 4 is 17.2 Å². The Morgan fingerprint density at radius 3 is 2.65 bits per heavy atom. The molecule has 1 aliphatic heterocycles. The zero-order chi connectivity index (χ0) is 22.0. The van der Waals surface area contributed by atoms with Gasteiger partial charge >= 0.3 is 11.4 Å². The molecule has 1 aromatic carbocycles. The smallest absolute Gasteiger partial charge is 0.349 e. The third-order valence-corrected chi connectivity index (χ3v) is 5.71. The molecule has 0 saturated carbocycles. The number of aromatic nitrogens is 3. The van der Waals surface area contributed by atoms with Gasteiger partial charge in [-0.25, -0.2) is 9.78 Å². The molecular formula is C25H23ClN3O2+. The second kappa shape index (κ2) is 8.74. The number of nitrogens with zero attached hydrogens (tertiary/aromatic N) is 3. The van der Waals surface area contributed by atoms with E-state index in [-0.39, 0.29) is 11.6 Å². The van der Waals surface area contributed by atoms with Crippen molar-refractivity contribution in [2.75, 3.05) is 7.11 Å². The molecule has 1 unspecified atom stereocenters. The summed E-state index contributed by atoms with van der Waals surface area (Å²) in [4.78, 5) is 18.1. The molecule has 4 rings (SSSR count). The van der Waals surface area contributed by atoms with E-state index in [1.165, 1.54) is 0 Å². The van der Waals surface area contributed by atoms with Gasteiger partial charge in [-0.3, -0.25) is 0 Å². The minimum Gasteiger partial charge on any atom is -0.465 e. The first-order valence-corrected chi connectivity index (χ1v) is 10.4. The fourth-order valence-corrected chi connectivity index (χ4v) is 4.29. The molecule has 0 N–H and O–H groups in total. The molecule has 0 aliphatic carbocycles. The van der Waals surface area contributed by atoms with Crippen LogP contribution in [0.1, 0.15) is 29.4 Å². The number of methoxy groups -OCH3 is 1. The minimum atomic E-state index is -0.151. The van der Waals surface area contributed by atoms with Crippen molar-refractivity contribution in [1.29, 1.82) is 0 Å². The predicted molar refractivity (Wildman–Crippen MR) is 123 cm³/mol. The molecule has 0 spiro atoms. The van der Waals surface area contributed by atoms with Gasteiger partial charge in [0.15, 0.2) is 5.56 Å². The quantitative estimate of drug-likeness (QED) is 0.328. The zero-order valence-electron chi connectivity index (χ0n) is 17.3. The fraction of sp³-hybridized carbons (Fsp3) is 0.160. The summed E-state index contributed by atoms with van der Waals surface area (Å²) in [5, 5.41) is 0.423. The lowest BCUT2D eigenvalue weighted by Gasteiger charge is -2.16. The van der Waals surface area contributed by atoms with Gasteiger partial charge in [-0.2, -0.15) is 9.13 Å². The highest BCUT2D eigenvalue weighted by Crippen LogP contribution is 2.32. The molecule has 2 aromatic heterocycles. The molecule has 3 heterocycles. The van der Waals surface area contributed by atoms with Gasteiger partial charge in [-0.15, -0.1) is 0 Å². The first kappa shape index (κ1) is 20.8. The second-order valence-corrected chi connectivity index (χ2v) is 7.56. The van der Waals surface area contributed by atoms with Gasteiger partial charge in [0.1, 0.15) is 16.9 Å². The standard InChI is InChI=1S/C25H23ClN3O2/c1-4-9-17(5-2)23-24(30)29-20(18-12-14-21(26)27-16-18)13-15-22(29)28(25(23)31-3)19-10-7-6-8-11-19/h4-12,14,16,20H,1-2,13,15H2,3H3/q+1/b17-9+. The zero-order valence-corrected chi connectivity index (χ0v) is 18.0. The Morgan fingerprint density at radius 1 is 1.26 bits per heavy atom. The fourth-order valence-electron chi connectivity index (χ4n) is 4.18. The van der Waals surface area contributed by atoms with Gasteiger partial charge in [0.05, 0.1) is 13.5 Å². The van der Waals surface area contributed by atoms with E-state index in [9.17, 15) is 4.79 Å². The van der Waals surface area contributed by atoms with Crippen LogP contribution in [0.5, 0.6) is 5.88 Å². The third-order valence-electron chi connectivity index (χ3n) is 5.49. The molecule has 5 nitrogen and oxygen atoms in total. The van der Waals surface area contributed by atoms with Crippen LogP contribution in [0.4, 0.5) is 0 Å². The number of fused-ring (bicyclic) bond motifs is 1. The number of benzene rings is 1. The molecule has 1 atom stereocenters. The highest BCUT2D eigenvalue weighted by atomic mass is 35.5. The van der Waals surface area contributed by atoms with Gasteiger partial charge < -0.3 is 4.74 Å². The average Bonchev–Trinajstić information content (AvgIpc) is 3.24. The lowest BCUT2D eigenvalue weighted by atomic mass is 10.1. The Hall–Kier alpha value is -3.44. The largest absolute Gasteiger partial charge is 0.465 e. The van der Waals surface area contributed by atoms with Gasteiger partial charge in [0.2, 0.25) is 0 Å². The number of rotatable bonds is 6. The number of hydrogen-bond donors (Lipinski definition) is 0. The average molecular weight is 433 g/mol. The monoisotopic (exact) mass is 432 g/mol. The van der Waals surface area contributed by atoms with Crippen LogP contribution < -0.4 is 14.9 Å². The van der Waals surface area contributed by atoms with Crippen molar-refractivity contribution in [3.8, 4) is 11.6 Å². The number of para-hydroxylation sites is 1. The van der Waals surface area contributed by atoms with Gasteiger partial charge in [-0.05, 0) is 23.8 Å². The van der Waals surface area contributed by atoms with E-state index in [4.69, 9.17) is 16.3 Å². The van der Waals surface area contributed by atoms with E-state index in [1.807, 2.05) is 45.5 Å². The molecular weight excluding hydrogens is 410 g/mol. The van der Waals surface area contributed by atoms with Crippen LogP contribution in [0.2, 0.25) is 5.15 Å². The van der Waals surface area contributed by atoms with Gasteiger partial charge in [-0.1, -0.05) is 67.3 Å². The lowest BCUT2D eigenvalue weighted by molar-refractivity contribution is -0.615. The van der Waals surface area contributed by atoms with E-state index in [0.717, 1.165) is 23.5 Å². The summed E-state index contributed by atoms with van der Waals surface area (Å²) in [6.45, 7) is 7.68. The van der Waals surface area contributed by atoms with Crippen LogP contribution in [-0.4, -0.2) is 16.7 Å². The molecule has 0 saturated heterocycles. The predicted octanol–water partition coefficient (Wildman–Crippen LogP) is 4.47. The molecule has 156 valence electrons. The summed E-state index contributed by atoms with van der Waals surface area (Å²) < 4.78 is 9.68. The molecule has 0 amide bonds. The summed E-state index contributed by atoms with van der Waals surface area (Å²) in [5.41, 5.74) is 2.81. The van der Waals surface area contributed by atoms with E-state index < -0.39 is 0 Å². The normalized spacial score (nSPS) is 15.4. The van der Waals surface area contributed by atoms with E-state index in [2.05, 4.69) is 18.1 Å². The molecule has 0 radical (unpaired) electrons. The number of hydrogen-bond acceptors (Lipinski definition) is 3. The third kappa shape index (κ3) is 3.62. The summed E-state index contributed by atoms with van der Waals surface area (Å²) >= 11 is 5.99.